The normalized spacial score (nSPS) is 9.78. The summed E-state index contributed by atoms with van der Waals surface area (Å²) in [6.07, 6.45) is -0.161. The Bertz CT molecular complexity index is 618. The van der Waals surface area contributed by atoms with Crippen molar-refractivity contribution in [3.63, 3.8) is 0 Å². The number of halogens is 1. The zero-order chi connectivity index (χ0) is 13.0. The van der Waals surface area contributed by atoms with Gasteiger partial charge >= 0.3 is 0 Å². The van der Waals surface area contributed by atoms with Gasteiger partial charge in [-0.2, -0.15) is 5.26 Å². The molecule has 1 amide bonds. The highest BCUT2D eigenvalue weighted by Crippen LogP contribution is 2.26. The Hall–Kier alpha value is -1.71. The van der Waals surface area contributed by atoms with E-state index in [1.807, 2.05) is 29.6 Å². The van der Waals surface area contributed by atoms with Crippen LogP contribution in [0.2, 0.25) is 0 Å². The average molecular weight is 322 g/mol. The van der Waals surface area contributed by atoms with Crippen LogP contribution in [-0.4, -0.2) is 10.9 Å². The van der Waals surface area contributed by atoms with Crippen LogP contribution in [0.1, 0.15) is 6.42 Å². The van der Waals surface area contributed by atoms with Crippen LogP contribution in [0, 0.1) is 11.3 Å². The summed E-state index contributed by atoms with van der Waals surface area (Å²) in [6.45, 7) is 0. The number of anilines is 1. The first-order valence-corrected chi connectivity index (χ1v) is 6.74. The van der Waals surface area contributed by atoms with Gasteiger partial charge in [0.05, 0.1) is 11.8 Å². The van der Waals surface area contributed by atoms with Gasteiger partial charge in [0, 0.05) is 15.4 Å². The van der Waals surface area contributed by atoms with E-state index in [4.69, 9.17) is 5.26 Å². The molecule has 1 aromatic heterocycles. The minimum Gasteiger partial charge on any atom is -0.301 e. The molecule has 0 saturated carbocycles. The van der Waals surface area contributed by atoms with Crippen LogP contribution in [-0.2, 0) is 4.79 Å². The lowest BCUT2D eigenvalue weighted by Gasteiger charge is -1.98. The molecule has 1 N–H and O–H groups in total. The number of nitriles is 1. The Morgan fingerprint density at radius 3 is 3.11 bits per heavy atom. The summed E-state index contributed by atoms with van der Waals surface area (Å²) in [6, 6.07) is 9.55. The number of hydrogen-bond acceptors (Lipinski definition) is 4. The minimum absolute atomic E-state index is 0.161. The summed E-state index contributed by atoms with van der Waals surface area (Å²) in [4.78, 5) is 15.5. The summed E-state index contributed by atoms with van der Waals surface area (Å²) in [5.41, 5.74) is 1.77. The van der Waals surface area contributed by atoms with Crippen LogP contribution in [0.4, 0.5) is 5.13 Å². The molecule has 0 aliphatic rings. The van der Waals surface area contributed by atoms with Gasteiger partial charge in [0.15, 0.2) is 5.13 Å². The molecule has 0 fully saturated rings. The first-order valence-electron chi connectivity index (χ1n) is 5.07. The van der Waals surface area contributed by atoms with E-state index in [0.717, 1.165) is 15.7 Å². The smallest absolute Gasteiger partial charge is 0.240 e. The molecule has 0 spiro atoms. The van der Waals surface area contributed by atoms with Crippen LogP contribution >= 0.6 is 27.3 Å². The molecule has 0 bridgehead atoms. The highest BCUT2D eigenvalue weighted by Gasteiger charge is 2.07. The van der Waals surface area contributed by atoms with E-state index in [-0.39, 0.29) is 12.3 Å². The quantitative estimate of drug-likeness (QED) is 0.941. The highest BCUT2D eigenvalue weighted by molar-refractivity contribution is 9.10. The Balaban J connectivity index is 2.16. The van der Waals surface area contributed by atoms with Crippen LogP contribution in [0.25, 0.3) is 11.3 Å². The second-order valence-corrected chi connectivity index (χ2v) is 5.21. The van der Waals surface area contributed by atoms with Crippen LogP contribution < -0.4 is 5.32 Å². The van der Waals surface area contributed by atoms with Crippen molar-refractivity contribution >= 4 is 38.3 Å². The fourth-order valence-electron chi connectivity index (χ4n) is 1.35. The summed E-state index contributed by atoms with van der Waals surface area (Å²) in [5.74, 6) is -0.340. The molecule has 0 aliphatic carbocycles. The van der Waals surface area contributed by atoms with E-state index < -0.39 is 0 Å². The SMILES string of the molecule is N#CCC(=O)Nc1nc(-c2cccc(Br)c2)cs1. The molecule has 18 heavy (non-hydrogen) atoms. The molecule has 0 radical (unpaired) electrons. The lowest BCUT2D eigenvalue weighted by Crippen LogP contribution is -2.09. The summed E-state index contributed by atoms with van der Waals surface area (Å²) in [5, 5.41) is 13.3. The number of rotatable bonds is 3. The maximum absolute atomic E-state index is 11.2. The van der Waals surface area contributed by atoms with E-state index in [1.54, 1.807) is 6.07 Å². The average Bonchev–Trinajstić information content (AvgIpc) is 2.78. The Morgan fingerprint density at radius 2 is 2.39 bits per heavy atom. The second-order valence-electron chi connectivity index (χ2n) is 3.43. The molecular formula is C12H8BrN3OS. The zero-order valence-corrected chi connectivity index (χ0v) is 11.6. The van der Waals surface area contributed by atoms with Gasteiger partial charge in [-0.1, -0.05) is 28.1 Å². The lowest BCUT2D eigenvalue weighted by molar-refractivity contribution is -0.115. The maximum Gasteiger partial charge on any atom is 0.240 e. The number of carbonyl (C=O) groups is 1. The van der Waals surface area contributed by atoms with Crippen LogP contribution in [0.3, 0.4) is 0 Å². The van der Waals surface area contributed by atoms with Gasteiger partial charge in [0.1, 0.15) is 6.42 Å². The van der Waals surface area contributed by atoms with Crippen LogP contribution in [0.15, 0.2) is 34.1 Å². The van der Waals surface area contributed by atoms with Gasteiger partial charge in [-0.25, -0.2) is 4.98 Å². The number of nitrogens with zero attached hydrogens (tertiary/aromatic N) is 2. The third kappa shape index (κ3) is 3.15. The topological polar surface area (TPSA) is 65.8 Å². The minimum atomic E-state index is -0.340. The lowest BCUT2D eigenvalue weighted by atomic mass is 10.2. The summed E-state index contributed by atoms with van der Waals surface area (Å²) in [7, 11) is 0. The van der Waals surface area contributed by atoms with Crippen molar-refractivity contribution in [3.05, 3.63) is 34.1 Å². The van der Waals surface area contributed by atoms with Crippen molar-refractivity contribution in [3.8, 4) is 17.3 Å². The first-order chi connectivity index (χ1) is 8.69. The Kier molecular flexibility index (Phi) is 4.07. The zero-order valence-electron chi connectivity index (χ0n) is 9.18. The first kappa shape index (κ1) is 12.7. The van der Waals surface area contributed by atoms with E-state index >= 15 is 0 Å². The van der Waals surface area contributed by atoms with Gasteiger partial charge in [0.2, 0.25) is 5.91 Å². The van der Waals surface area contributed by atoms with Gasteiger partial charge < -0.3 is 5.32 Å². The fourth-order valence-corrected chi connectivity index (χ4v) is 2.48. The molecular weight excluding hydrogens is 314 g/mol. The molecule has 90 valence electrons. The Morgan fingerprint density at radius 1 is 1.56 bits per heavy atom. The molecule has 2 rings (SSSR count). The fraction of sp³-hybridized carbons (Fsp3) is 0.0833. The summed E-state index contributed by atoms with van der Waals surface area (Å²) >= 11 is 4.73. The summed E-state index contributed by atoms with van der Waals surface area (Å²) < 4.78 is 0.975. The van der Waals surface area contributed by atoms with Gasteiger partial charge in [-0.3, -0.25) is 4.79 Å². The van der Waals surface area contributed by atoms with Crippen LogP contribution in [0.5, 0.6) is 0 Å². The molecule has 0 atom stereocenters. The molecule has 2 aromatic rings. The number of thiazole rings is 1. The van der Waals surface area contributed by atoms with Crippen molar-refractivity contribution in [1.29, 1.82) is 5.26 Å². The maximum atomic E-state index is 11.2. The monoisotopic (exact) mass is 321 g/mol. The standard InChI is InChI=1S/C12H8BrN3OS/c13-9-3-1-2-8(6-9)10-7-18-12(15-10)16-11(17)4-5-14/h1-3,6-7H,4H2,(H,15,16,17). The molecule has 1 heterocycles. The van der Waals surface area contributed by atoms with E-state index in [0.29, 0.717) is 5.13 Å². The third-order valence-electron chi connectivity index (χ3n) is 2.11. The number of benzene rings is 1. The predicted molar refractivity (Wildman–Crippen MR) is 74.1 cm³/mol. The van der Waals surface area contributed by atoms with Gasteiger partial charge in [-0.15, -0.1) is 11.3 Å². The van der Waals surface area contributed by atoms with E-state index in [2.05, 4.69) is 26.2 Å². The van der Waals surface area contributed by atoms with E-state index in [1.165, 1.54) is 11.3 Å². The predicted octanol–water partition coefficient (Wildman–Crippen LogP) is 3.42. The molecule has 1 aromatic carbocycles. The number of amides is 1. The highest BCUT2D eigenvalue weighted by atomic mass is 79.9. The van der Waals surface area contributed by atoms with E-state index in [9.17, 15) is 4.79 Å². The van der Waals surface area contributed by atoms with Crippen molar-refractivity contribution in [1.82, 2.24) is 4.98 Å². The van der Waals surface area contributed by atoms with Crippen molar-refractivity contribution < 1.29 is 4.79 Å². The number of carbonyl (C=O) groups excluding carboxylic acids is 1. The number of aromatic nitrogens is 1. The molecule has 4 nitrogen and oxygen atoms in total. The second kappa shape index (κ2) is 5.76. The number of hydrogen-bond donors (Lipinski definition) is 1. The van der Waals surface area contributed by atoms with Gasteiger partial charge in [-0.05, 0) is 12.1 Å². The third-order valence-corrected chi connectivity index (χ3v) is 3.36. The van der Waals surface area contributed by atoms with Crippen molar-refractivity contribution in [2.24, 2.45) is 0 Å². The Labute approximate surface area is 116 Å². The number of nitrogens with one attached hydrogen (secondary N) is 1. The van der Waals surface area contributed by atoms with Crippen molar-refractivity contribution in [2.75, 3.05) is 5.32 Å². The molecule has 0 aliphatic heterocycles. The van der Waals surface area contributed by atoms with Crippen molar-refractivity contribution in [2.45, 2.75) is 6.42 Å². The molecule has 0 unspecified atom stereocenters. The van der Waals surface area contributed by atoms with Gasteiger partial charge in [0.25, 0.3) is 0 Å². The molecule has 6 heteroatoms. The molecule has 0 saturated heterocycles. The largest absolute Gasteiger partial charge is 0.301 e.